The van der Waals surface area contributed by atoms with Gasteiger partial charge >= 0.3 is 5.97 Å². The van der Waals surface area contributed by atoms with E-state index in [2.05, 4.69) is 10.5 Å². The van der Waals surface area contributed by atoms with Gasteiger partial charge in [0.25, 0.3) is 5.91 Å². The molecule has 0 radical (unpaired) electrons. The summed E-state index contributed by atoms with van der Waals surface area (Å²) in [6, 6.07) is 7.28. The third-order valence-corrected chi connectivity index (χ3v) is 3.95. The summed E-state index contributed by atoms with van der Waals surface area (Å²) in [7, 11) is 0. The van der Waals surface area contributed by atoms with Crippen LogP contribution in [0.25, 0.3) is 5.52 Å². The first-order chi connectivity index (χ1) is 11.2. The van der Waals surface area contributed by atoms with Crippen LogP contribution in [0.2, 0.25) is 0 Å². The first kappa shape index (κ1) is 15.5. The molecule has 2 aromatic heterocycles. The number of aromatic nitrogens is 2. The Morgan fingerprint density at radius 1 is 1.39 bits per heavy atom. The largest absolute Gasteiger partial charge is 0.466 e. The molecule has 2 aromatic rings. The van der Waals surface area contributed by atoms with E-state index >= 15 is 0 Å². The van der Waals surface area contributed by atoms with E-state index < -0.39 is 0 Å². The zero-order chi connectivity index (χ0) is 16.2. The van der Waals surface area contributed by atoms with Crippen LogP contribution in [0, 0.1) is 5.92 Å². The van der Waals surface area contributed by atoms with E-state index in [1.54, 1.807) is 28.7 Å². The monoisotopic (exact) mass is 316 g/mol. The first-order valence-electron chi connectivity index (χ1n) is 7.84. The van der Waals surface area contributed by atoms with Crippen LogP contribution >= 0.6 is 0 Å². The molecule has 0 saturated carbocycles. The van der Waals surface area contributed by atoms with Crippen LogP contribution in [-0.4, -0.2) is 46.2 Å². The predicted octanol–water partition coefficient (Wildman–Crippen LogP) is 1.25. The predicted molar refractivity (Wildman–Crippen MR) is 83.6 cm³/mol. The molecule has 0 aliphatic carbocycles. The van der Waals surface area contributed by atoms with Crippen molar-refractivity contribution in [1.82, 2.24) is 20.0 Å². The molecule has 3 rings (SSSR count). The summed E-state index contributed by atoms with van der Waals surface area (Å²) in [6.45, 7) is 3.37. The Morgan fingerprint density at radius 2 is 2.26 bits per heavy atom. The number of ether oxygens (including phenoxy) is 1. The van der Waals surface area contributed by atoms with Crippen molar-refractivity contribution in [3.8, 4) is 0 Å². The van der Waals surface area contributed by atoms with Crippen molar-refractivity contribution in [3.63, 3.8) is 0 Å². The van der Waals surface area contributed by atoms with Gasteiger partial charge in [-0.1, -0.05) is 6.07 Å². The van der Waals surface area contributed by atoms with E-state index in [4.69, 9.17) is 4.74 Å². The Balaban J connectivity index is 1.68. The molecule has 1 aliphatic heterocycles. The van der Waals surface area contributed by atoms with Crippen molar-refractivity contribution in [3.05, 3.63) is 36.2 Å². The number of carbonyl (C=O) groups excluding carboxylic acids is 2. The second kappa shape index (κ2) is 6.78. The standard InChI is InChI=1S/C16H20N4O3/c1-2-23-16(22)12-5-4-10-19(11-12)18-15(21)14-7-3-6-13-8-9-17-20(13)14/h3,6-9,12H,2,4-5,10-11H2,1H3,(H,18,21). The number of pyridine rings is 1. The number of hydrogen-bond donors (Lipinski definition) is 1. The van der Waals surface area contributed by atoms with Gasteiger partial charge in [-0.25, -0.2) is 9.52 Å². The van der Waals surface area contributed by atoms with Gasteiger partial charge in [0.05, 0.1) is 24.2 Å². The van der Waals surface area contributed by atoms with Gasteiger partial charge < -0.3 is 4.74 Å². The van der Waals surface area contributed by atoms with Crippen LogP contribution in [0.3, 0.4) is 0 Å². The average molecular weight is 316 g/mol. The van der Waals surface area contributed by atoms with Crippen LogP contribution in [0.15, 0.2) is 30.5 Å². The van der Waals surface area contributed by atoms with Gasteiger partial charge in [0.15, 0.2) is 0 Å². The number of hydrogen-bond acceptors (Lipinski definition) is 5. The molecule has 0 bridgehead atoms. The second-order valence-corrected chi connectivity index (χ2v) is 5.56. The lowest BCUT2D eigenvalue weighted by atomic mass is 9.99. The molecule has 0 spiro atoms. The lowest BCUT2D eigenvalue weighted by Gasteiger charge is -2.31. The number of esters is 1. The Labute approximate surface area is 134 Å². The minimum Gasteiger partial charge on any atom is -0.466 e. The third kappa shape index (κ3) is 3.34. The van der Waals surface area contributed by atoms with Crippen molar-refractivity contribution in [2.24, 2.45) is 5.92 Å². The fourth-order valence-electron chi connectivity index (χ4n) is 2.85. The van der Waals surface area contributed by atoms with Crippen molar-refractivity contribution in [1.29, 1.82) is 0 Å². The van der Waals surface area contributed by atoms with E-state index in [0.29, 0.717) is 18.8 Å². The Bertz CT molecular complexity index is 712. The normalized spacial score (nSPS) is 18.7. The van der Waals surface area contributed by atoms with Crippen molar-refractivity contribution in [2.75, 3.05) is 19.7 Å². The van der Waals surface area contributed by atoms with Gasteiger partial charge in [-0.05, 0) is 38.0 Å². The van der Waals surface area contributed by atoms with Gasteiger partial charge in [-0.2, -0.15) is 5.10 Å². The smallest absolute Gasteiger partial charge is 0.310 e. The summed E-state index contributed by atoms with van der Waals surface area (Å²) >= 11 is 0. The van der Waals surface area contributed by atoms with Crippen LogP contribution in [0.5, 0.6) is 0 Å². The van der Waals surface area contributed by atoms with E-state index in [-0.39, 0.29) is 17.8 Å². The van der Waals surface area contributed by atoms with E-state index in [1.807, 2.05) is 18.2 Å². The molecule has 122 valence electrons. The molecule has 1 N–H and O–H groups in total. The van der Waals surface area contributed by atoms with Crippen molar-refractivity contribution >= 4 is 17.4 Å². The van der Waals surface area contributed by atoms with E-state index in [0.717, 1.165) is 24.9 Å². The van der Waals surface area contributed by atoms with Crippen LogP contribution in [0.1, 0.15) is 30.3 Å². The molecule has 7 heteroatoms. The number of piperidine rings is 1. The molecule has 1 fully saturated rings. The molecule has 1 atom stereocenters. The molecular weight excluding hydrogens is 296 g/mol. The molecule has 1 aliphatic rings. The summed E-state index contributed by atoms with van der Waals surface area (Å²) in [4.78, 5) is 24.4. The summed E-state index contributed by atoms with van der Waals surface area (Å²) in [6.07, 6.45) is 3.29. The van der Waals surface area contributed by atoms with Gasteiger partial charge in [0.1, 0.15) is 5.69 Å². The number of amides is 1. The number of nitrogens with one attached hydrogen (secondary N) is 1. The second-order valence-electron chi connectivity index (χ2n) is 5.56. The topological polar surface area (TPSA) is 75.9 Å². The Morgan fingerprint density at radius 3 is 3.09 bits per heavy atom. The fourth-order valence-corrected chi connectivity index (χ4v) is 2.85. The maximum atomic E-state index is 12.5. The molecule has 7 nitrogen and oxygen atoms in total. The molecule has 1 unspecified atom stereocenters. The average Bonchev–Trinajstić information content (AvgIpc) is 3.03. The molecule has 23 heavy (non-hydrogen) atoms. The van der Waals surface area contributed by atoms with Gasteiger partial charge in [0.2, 0.25) is 0 Å². The SMILES string of the molecule is CCOC(=O)C1CCCN(NC(=O)c2cccc3ccnn23)C1. The highest BCUT2D eigenvalue weighted by Gasteiger charge is 2.28. The minimum atomic E-state index is -0.233. The lowest BCUT2D eigenvalue weighted by Crippen LogP contribution is -2.49. The highest BCUT2D eigenvalue weighted by atomic mass is 16.5. The quantitative estimate of drug-likeness (QED) is 0.859. The molecular formula is C16H20N4O3. The molecule has 1 saturated heterocycles. The van der Waals surface area contributed by atoms with Crippen LogP contribution in [0.4, 0.5) is 0 Å². The summed E-state index contributed by atoms with van der Waals surface area (Å²) in [5.41, 5.74) is 4.20. The maximum absolute atomic E-state index is 12.5. The van der Waals surface area contributed by atoms with Crippen LogP contribution in [-0.2, 0) is 9.53 Å². The zero-order valence-electron chi connectivity index (χ0n) is 13.1. The van der Waals surface area contributed by atoms with Gasteiger partial charge in [0, 0.05) is 13.1 Å². The Hall–Kier alpha value is -2.41. The highest BCUT2D eigenvalue weighted by molar-refractivity contribution is 5.92. The number of carbonyl (C=O) groups is 2. The fraction of sp³-hybridized carbons (Fsp3) is 0.438. The van der Waals surface area contributed by atoms with Crippen molar-refractivity contribution in [2.45, 2.75) is 19.8 Å². The van der Waals surface area contributed by atoms with Crippen molar-refractivity contribution < 1.29 is 14.3 Å². The third-order valence-electron chi connectivity index (χ3n) is 3.95. The lowest BCUT2D eigenvalue weighted by molar-refractivity contribution is -0.150. The maximum Gasteiger partial charge on any atom is 0.310 e. The minimum absolute atomic E-state index is 0.190. The van der Waals surface area contributed by atoms with Crippen LogP contribution < -0.4 is 5.43 Å². The number of rotatable bonds is 4. The number of hydrazine groups is 1. The zero-order valence-corrected chi connectivity index (χ0v) is 13.1. The van der Waals surface area contributed by atoms with Gasteiger partial charge in [-0.3, -0.25) is 15.0 Å². The number of nitrogens with zero attached hydrogens (tertiary/aromatic N) is 3. The highest BCUT2D eigenvalue weighted by Crippen LogP contribution is 2.17. The summed E-state index contributed by atoms with van der Waals surface area (Å²) in [5, 5.41) is 5.95. The molecule has 0 aromatic carbocycles. The summed E-state index contributed by atoms with van der Waals surface area (Å²) < 4.78 is 6.67. The van der Waals surface area contributed by atoms with Gasteiger partial charge in [-0.15, -0.1) is 0 Å². The first-order valence-corrected chi connectivity index (χ1v) is 7.84. The van der Waals surface area contributed by atoms with E-state index in [1.165, 1.54) is 0 Å². The van der Waals surface area contributed by atoms with E-state index in [9.17, 15) is 9.59 Å². The molecule has 1 amide bonds. The molecule has 3 heterocycles. The Kier molecular flexibility index (Phi) is 4.57. The summed E-state index contributed by atoms with van der Waals surface area (Å²) in [5.74, 6) is -0.617. The number of fused-ring (bicyclic) bond motifs is 1.